The lowest BCUT2D eigenvalue weighted by molar-refractivity contribution is 0.214. The van der Waals surface area contributed by atoms with Gasteiger partial charge in [0.05, 0.1) is 59.4 Å². The van der Waals surface area contributed by atoms with Crippen LogP contribution >= 0.6 is 34.4 Å². The number of hydrogen-bond donors (Lipinski definition) is 4. The van der Waals surface area contributed by atoms with Gasteiger partial charge in [0.2, 0.25) is 0 Å². The monoisotopic (exact) mass is 737 g/mol. The van der Waals surface area contributed by atoms with Crippen molar-refractivity contribution >= 4 is 67.3 Å². The lowest BCUT2D eigenvalue weighted by Crippen LogP contribution is -2.32. The molecule has 8 aromatic heterocycles. The molecule has 0 saturated carbocycles. The van der Waals surface area contributed by atoms with Crippen molar-refractivity contribution in [3.05, 3.63) is 88.4 Å². The minimum atomic E-state index is -0.0983. The predicted molar refractivity (Wildman–Crippen MR) is 202 cm³/mol. The number of aromatic nitrogens is 10. The average molecular weight is 738 g/mol. The topological polar surface area (TPSA) is 162 Å². The number of fused-ring (bicyclic) bond motifs is 2. The number of hydrogen-bond acceptors (Lipinski definition) is 14. The zero-order valence-corrected chi connectivity index (χ0v) is 30.8. The number of aliphatic hydroxyl groups excluding tert-OH is 1. The Morgan fingerprint density at radius 2 is 1.47 bits per heavy atom. The number of H-pyrrole nitrogens is 1. The SMILES string of the molecule is Cc1cn2c(-c3csc(CCN(Cc4cc(Nc5nc(C)cn6c(-c7cn[nH]c7)cnc56)sn4)C(C)C)c3)cnc2c(Nc2cc(CO)ns2)n1. The van der Waals surface area contributed by atoms with Crippen LogP contribution in [-0.2, 0) is 19.6 Å². The zero-order valence-electron chi connectivity index (χ0n) is 28.3. The van der Waals surface area contributed by atoms with Gasteiger partial charge >= 0.3 is 0 Å². The Balaban J connectivity index is 0.942. The first kappa shape index (κ1) is 33.1. The molecular formula is C34H35N13OS3. The summed E-state index contributed by atoms with van der Waals surface area (Å²) >= 11 is 4.49. The van der Waals surface area contributed by atoms with Gasteiger partial charge in [0, 0.05) is 59.1 Å². The molecule has 0 bridgehead atoms. The predicted octanol–water partition coefficient (Wildman–Crippen LogP) is 6.85. The van der Waals surface area contributed by atoms with E-state index in [2.05, 4.69) is 70.8 Å². The Morgan fingerprint density at radius 3 is 2.06 bits per heavy atom. The molecular weight excluding hydrogens is 703 g/mol. The second-order valence-corrected chi connectivity index (χ2v) is 15.1. The Morgan fingerprint density at radius 1 is 0.843 bits per heavy atom. The number of nitrogens with zero attached hydrogens (tertiary/aromatic N) is 10. The van der Waals surface area contributed by atoms with Gasteiger partial charge in [0.1, 0.15) is 10.0 Å². The smallest absolute Gasteiger partial charge is 0.180 e. The molecule has 51 heavy (non-hydrogen) atoms. The quantitative estimate of drug-likeness (QED) is 0.0979. The van der Waals surface area contributed by atoms with E-state index in [1.807, 2.05) is 55.3 Å². The van der Waals surface area contributed by atoms with Crippen molar-refractivity contribution in [3.8, 4) is 22.5 Å². The summed E-state index contributed by atoms with van der Waals surface area (Å²) in [7, 11) is 0. The third-order valence-corrected chi connectivity index (χ3v) is 11.0. The molecule has 0 aliphatic carbocycles. The van der Waals surface area contributed by atoms with Gasteiger partial charge in [-0.2, -0.15) is 13.8 Å². The van der Waals surface area contributed by atoms with Crippen LogP contribution in [0.4, 0.5) is 21.6 Å². The fourth-order valence-corrected chi connectivity index (χ4v) is 8.14. The Bertz CT molecular complexity index is 2440. The summed E-state index contributed by atoms with van der Waals surface area (Å²) in [6.07, 6.45) is 12.3. The van der Waals surface area contributed by atoms with Gasteiger partial charge in [-0.15, -0.1) is 11.3 Å². The highest BCUT2D eigenvalue weighted by atomic mass is 32.1. The second kappa shape index (κ2) is 13.9. The number of nitrogens with one attached hydrogen (secondary N) is 3. The summed E-state index contributed by atoms with van der Waals surface area (Å²) in [5, 5.41) is 27.1. The summed E-state index contributed by atoms with van der Waals surface area (Å²) < 4.78 is 13.2. The van der Waals surface area contributed by atoms with Gasteiger partial charge in [-0.1, -0.05) is 0 Å². The van der Waals surface area contributed by atoms with Crippen LogP contribution in [0.3, 0.4) is 0 Å². The lowest BCUT2D eigenvalue weighted by Gasteiger charge is -2.25. The molecule has 8 rings (SSSR count). The van der Waals surface area contributed by atoms with Crippen molar-refractivity contribution in [2.75, 3.05) is 17.2 Å². The summed E-state index contributed by atoms with van der Waals surface area (Å²) in [5.74, 6) is 1.35. The molecule has 260 valence electrons. The third-order valence-electron chi connectivity index (χ3n) is 8.47. The van der Waals surface area contributed by atoms with Crippen LogP contribution in [0.15, 0.2) is 60.8 Å². The maximum Gasteiger partial charge on any atom is 0.180 e. The second-order valence-electron chi connectivity index (χ2n) is 12.5. The highest BCUT2D eigenvalue weighted by Crippen LogP contribution is 2.31. The molecule has 0 saturated heterocycles. The van der Waals surface area contributed by atoms with Crippen molar-refractivity contribution in [2.45, 2.75) is 53.3 Å². The van der Waals surface area contributed by atoms with Crippen LogP contribution < -0.4 is 10.6 Å². The number of anilines is 4. The van der Waals surface area contributed by atoms with Gasteiger partial charge in [-0.05, 0) is 75.4 Å². The van der Waals surface area contributed by atoms with Gasteiger partial charge in [-0.25, -0.2) is 19.9 Å². The fourth-order valence-electron chi connectivity index (χ4n) is 5.96. The van der Waals surface area contributed by atoms with Crippen LogP contribution in [0.1, 0.15) is 41.5 Å². The Kier molecular flexibility index (Phi) is 9.03. The summed E-state index contributed by atoms with van der Waals surface area (Å²) in [6, 6.07) is 6.54. The van der Waals surface area contributed by atoms with E-state index in [1.54, 1.807) is 17.5 Å². The summed E-state index contributed by atoms with van der Waals surface area (Å²) in [5.41, 5.74) is 8.90. The largest absolute Gasteiger partial charge is 0.390 e. The third kappa shape index (κ3) is 6.85. The van der Waals surface area contributed by atoms with Crippen molar-refractivity contribution < 1.29 is 5.11 Å². The van der Waals surface area contributed by atoms with E-state index in [-0.39, 0.29) is 6.61 Å². The Hall–Kier alpha value is -5.07. The van der Waals surface area contributed by atoms with Gasteiger partial charge in [0.25, 0.3) is 0 Å². The average Bonchev–Trinajstić information content (AvgIpc) is 3.95. The molecule has 0 aliphatic rings. The molecule has 4 N–H and O–H groups in total. The van der Waals surface area contributed by atoms with Crippen LogP contribution in [0.2, 0.25) is 0 Å². The molecule has 17 heteroatoms. The van der Waals surface area contributed by atoms with Crippen LogP contribution in [0.5, 0.6) is 0 Å². The summed E-state index contributed by atoms with van der Waals surface area (Å²) in [6.45, 7) is 9.95. The van der Waals surface area contributed by atoms with E-state index in [0.29, 0.717) is 23.4 Å². The van der Waals surface area contributed by atoms with E-state index in [1.165, 1.54) is 27.9 Å². The molecule has 0 radical (unpaired) electrons. The van der Waals surface area contributed by atoms with Crippen LogP contribution in [-0.4, -0.2) is 70.3 Å². The molecule has 8 aromatic rings. The van der Waals surface area contributed by atoms with Crippen molar-refractivity contribution in [1.82, 2.24) is 52.6 Å². The summed E-state index contributed by atoms with van der Waals surface area (Å²) in [4.78, 5) is 22.6. The highest BCUT2D eigenvalue weighted by Gasteiger charge is 2.18. The zero-order chi connectivity index (χ0) is 35.1. The maximum absolute atomic E-state index is 9.40. The van der Waals surface area contributed by atoms with E-state index < -0.39 is 0 Å². The van der Waals surface area contributed by atoms with E-state index in [4.69, 9.17) is 19.3 Å². The van der Waals surface area contributed by atoms with E-state index in [9.17, 15) is 5.11 Å². The molecule has 0 aliphatic heterocycles. The number of rotatable bonds is 13. The van der Waals surface area contributed by atoms with Gasteiger partial charge in [0.15, 0.2) is 22.9 Å². The highest BCUT2D eigenvalue weighted by molar-refractivity contribution is 7.10. The minimum Gasteiger partial charge on any atom is -0.390 e. The Labute approximate surface area is 305 Å². The lowest BCUT2D eigenvalue weighted by atomic mass is 10.2. The molecule has 0 atom stereocenters. The number of imidazole rings is 2. The standard InChI is InChI=1S/C34H35N13OS3/c1-19(2)45(16-24-8-29(50-43-24)41-32-34-36-13-28(23-10-37-38-11-23)47(34)15-21(4)40-32)6-5-26-7-22(18-49-26)27-12-35-33-31(39-20(3)14-46(27)33)42-30-9-25(17-48)44-51-30/h7-15,18-19,48H,5-6,16-17H2,1-4H3,(H,37,38)(H,39,42)(H,40,41). The van der Waals surface area contributed by atoms with E-state index in [0.717, 1.165) is 80.4 Å². The molecule has 8 heterocycles. The van der Waals surface area contributed by atoms with Gasteiger partial charge in [-0.3, -0.25) is 18.8 Å². The first-order valence-electron chi connectivity index (χ1n) is 16.4. The van der Waals surface area contributed by atoms with E-state index >= 15 is 0 Å². The number of thiophene rings is 1. The molecule has 0 fully saturated rings. The molecule has 0 amide bonds. The maximum atomic E-state index is 9.40. The normalized spacial score (nSPS) is 11.9. The van der Waals surface area contributed by atoms with Crippen molar-refractivity contribution in [3.63, 3.8) is 0 Å². The van der Waals surface area contributed by atoms with Crippen LogP contribution in [0, 0.1) is 13.8 Å². The fraction of sp³-hybridized carbons (Fsp3) is 0.265. The number of aliphatic hydroxyl groups is 1. The van der Waals surface area contributed by atoms with Crippen molar-refractivity contribution in [1.29, 1.82) is 0 Å². The van der Waals surface area contributed by atoms with Gasteiger partial charge < -0.3 is 15.7 Å². The molecule has 0 spiro atoms. The van der Waals surface area contributed by atoms with Crippen molar-refractivity contribution in [2.24, 2.45) is 0 Å². The number of aromatic amines is 1. The molecule has 14 nitrogen and oxygen atoms in total. The molecule has 0 aromatic carbocycles. The minimum absolute atomic E-state index is 0.0983. The first-order valence-corrected chi connectivity index (χ1v) is 18.8. The number of aryl methyl sites for hydroxylation is 2. The van der Waals surface area contributed by atoms with Crippen LogP contribution in [0.25, 0.3) is 33.8 Å². The first-order chi connectivity index (χ1) is 24.8. The molecule has 0 unspecified atom stereocenters.